The third kappa shape index (κ3) is 3.13. The number of imidazole rings is 1. The van der Waals surface area contributed by atoms with Crippen molar-refractivity contribution in [1.82, 2.24) is 9.55 Å². The molecule has 110 valence electrons. The van der Waals surface area contributed by atoms with E-state index in [1.54, 1.807) is 4.57 Å². The molecule has 0 N–H and O–H groups in total. The SMILES string of the molecule is O=[N+]([O-])c1cn2c(n1)O[C@@H](CCOc1ccccc1)CC2. The predicted molar refractivity (Wildman–Crippen MR) is 74.5 cm³/mol. The molecule has 0 aliphatic carbocycles. The van der Waals surface area contributed by atoms with Gasteiger partial charge in [0.1, 0.15) is 18.1 Å². The molecule has 0 fully saturated rings. The Hall–Kier alpha value is -2.57. The van der Waals surface area contributed by atoms with Gasteiger partial charge in [0.15, 0.2) is 0 Å². The molecule has 0 spiro atoms. The van der Waals surface area contributed by atoms with Gasteiger partial charge in [-0.15, -0.1) is 0 Å². The number of ether oxygens (including phenoxy) is 2. The van der Waals surface area contributed by atoms with Crippen molar-refractivity contribution in [3.05, 3.63) is 46.6 Å². The maximum absolute atomic E-state index is 10.7. The maximum Gasteiger partial charge on any atom is 0.414 e. The Balaban J connectivity index is 1.53. The first-order valence-corrected chi connectivity index (χ1v) is 6.78. The topological polar surface area (TPSA) is 79.4 Å². The summed E-state index contributed by atoms with van der Waals surface area (Å²) in [6, 6.07) is 9.89. The Labute approximate surface area is 121 Å². The smallest absolute Gasteiger partial charge is 0.414 e. The lowest BCUT2D eigenvalue weighted by Gasteiger charge is -2.22. The standard InChI is InChI=1S/C14H15N3O4/c18-17(19)13-10-16-8-6-12(21-14(16)15-13)7-9-20-11-4-2-1-3-5-11/h1-5,10,12H,6-9H2/t12-/m1/s1. The molecule has 2 heterocycles. The molecule has 1 aromatic heterocycles. The molecule has 1 aliphatic heterocycles. The molecular formula is C14H15N3O4. The highest BCUT2D eigenvalue weighted by Crippen LogP contribution is 2.25. The van der Waals surface area contributed by atoms with Crippen LogP contribution in [0.15, 0.2) is 36.5 Å². The van der Waals surface area contributed by atoms with Gasteiger partial charge in [-0.25, -0.2) is 0 Å². The molecular weight excluding hydrogens is 274 g/mol. The van der Waals surface area contributed by atoms with Crippen LogP contribution in [0.1, 0.15) is 12.8 Å². The zero-order valence-electron chi connectivity index (χ0n) is 11.3. The van der Waals surface area contributed by atoms with Crippen LogP contribution in [-0.4, -0.2) is 27.2 Å². The fourth-order valence-electron chi connectivity index (χ4n) is 2.25. The van der Waals surface area contributed by atoms with Gasteiger partial charge in [-0.05, 0) is 17.1 Å². The van der Waals surface area contributed by atoms with Gasteiger partial charge >= 0.3 is 11.8 Å². The monoisotopic (exact) mass is 289 g/mol. The number of nitrogens with zero attached hydrogens (tertiary/aromatic N) is 3. The molecule has 2 aromatic rings. The number of rotatable bonds is 5. The zero-order valence-corrected chi connectivity index (χ0v) is 11.3. The molecule has 0 bridgehead atoms. The second-order valence-corrected chi connectivity index (χ2v) is 4.81. The summed E-state index contributed by atoms with van der Waals surface area (Å²) in [6.45, 7) is 1.21. The van der Waals surface area contributed by atoms with Crippen molar-refractivity contribution in [3.63, 3.8) is 0 Å². The van der Waals surface area contributed by atoms with Crippen LogP contribution in [-0.2, 0) is 6.54 Å². The van der Waals surface area contributed by atoms with Gasteiger partial charge < -0.3 is 19.6 Å². The Morgan fingerprint density at radius 3 is 3.00 bits per heavy atom. The van der Waals surface area contributed by atoms with E-state index in [2.05, 4.69) is 4.98 Å². The van der Waals surface area contributed by atoms with Crippen molar-refractivity contribution in [2.45, 2.75) is 25.5 Å². The summed E-state index contributed by atoms with van der Waals surface area (Å²) in [4.78, 5) is 14.0. The van der Waals surface area contributed by atoms with Crippen molar-refractivity contribution < 1.29 is 14.4 Å². The van der Waals surface area contributed by atoms with Gasteiger partial charge in [0.05, 0.1) is 6.61 Å². The lowest BCUT2D eigenvalue weighted by molar-refractivity contribution is -0.389. The van der Waals surface area contributed by atoms with Crippen LogP contribution in [0, 0.1) is 10.1 Å². The minimum atomic E-state index is -0.512. The fourth-order valence-corrected chi connectivity index (χ4v) is 2.25. The summed E-state index contributed by atoms with van der Waals surface area (Å²) >= 11 is 0. The van der Waals surface area contributed by atoms with Gasteiger partial charge in [-0.1, -0.05) is 18.2 Å². The van der Waals surface area contributed by atoms with E-state index >= 15 is 0 Å². The van der Waals surface area contributed by atoms with Crippen molar-refractivity contribution in [3.8, 4) is 11.8 Å². The van der Waals surface area contributed by atoms with Gasteiger partial charge in [0, 0.05) is 24.4 Å². The molecule has 0 saturated heterocycles. The summed E-state index contributed by atoms with van der Waals surface area (Å²) in [7, 11) is 0. The van der Waals surface area contributed by atoms with E-state index in [0.29, 0.717) is 19.2 Å². The van der Waals surface area contributed by atoms with Crippen molar-refractivity contribution >= 4 is 5.82 Å². The van der Waals surface area contributed by atoms with Crippen LogP contribution in [0.5, 0.6) is 11.8 Å². The second kappa shape index (κ2) is 5.82. The Morgan fingerprint density at radius 1 is 1.43 bits per heavy atom. The average Bonchev–Trinajstić information content (AvgIpc) is 2.92. The van der Waals surface area contributed by atoms with Crippen LogP contribution in [0.25, 0.3) is 0 Å². The van der Waals surface area contributed by atoms with Crippen molar-refractivity contribution in [2.75, 3.05) is 6.61 Å². The Morgan fingerprint density at radius 2 is 2.24 bits per heavy atom. The zero-order chi connectivity index (χ0) is 14.7. The van der Waals surface area contributed by atoms with Crippen molar-refractivity contribution in [1.29, 1.82) is 0 Å². The molecule has 0 radical (unpaired) electrons. The largest absolute Gasteiger partial charge is 0.493 e. The first-order valence-electron chi connectivity index (χ1n) is 6.78. The average molecular weight is 289 g/mol. The molecule has 7 nitrogen and oxygen atoms in total. The molecule has 0 unspecified atom stereocenters. The molecule has 21 heavy (non-hydrogen) atoms. The lowest BCUT2D eigenvalue weighted by Crippen LogP contribution is -2.27. The van der Waals surface area contributed by atoms with E-state index in [4.69, 9.17) is 9.47 Å². The summed E-state index contributed by atoms with van der Waals surface area (Å²) in [6.07, 6.45) is 2.89. The van der Waals surface area contributed by atoms with Crippen LogP contribution in [0.4, 0.5) is 5.82 Å². The molecule has 0 saturated carbocycles. The number of hydrogen-bond donors (Lipinski definition) is 0. The quantitative estimate of drug-likeness (QED) is 0.623. The van der Waals surface area contributed by atoms with Crippen LogP contribution in [0.3, 0.4) is 0 Å². The van der Waals surface area contributed by atoms with Crippen LogP contribution >= 0.6 is 0 Å². The number of aryl methyl sites for hydroxylation is 1. The minimum absolute atomic E-state index is 0.0248. The van der Waals surface area contributed by atoms with Gasteiger partial charge in [0.2, 0.25) is 0 Å². The van der Waals surface area contributed by atoms with Crippen LogP contribution < -0.4 is 9.47 Å². The molecule has 3 rings (SSSR count). The van der Waals surface area contributed by atoms with E-state index in [9.17, 15) is 10.1 Å². The third-order valence-corrected chi connectivity index (χ3v) is 3.33. The summed E-state index contributed by atoms with van der Waals surface area (Å²) < 4.78 is 13.0. The van der Waals surface area contributed by atoms with Gasteiger partial charge in [-0.2, -0.15) is 0 Å². The molecule has 1 atom stereocenters. The molecule has 1 aromatic carbocycles. The van der Waals surface area contributed by atoms with E-state index in [1.165, 1.54) is 6.20 Å². The van der Waals surface area contributed by atoms with E-state index in [0.717, 1.165) is 18.6 Å². The number of nitro groups is 1. The first-order chi connectivity index (χ1) is 10.2. The summed E-state index contributed by atoms with van der Waals surface area (Å²) in [5.41, 5.74) is 0. The number of hydrogen-bond acceptors (Lipinski definition) is 5. The van der Waals surface area contributed by atoms with E-state index in [1.807, 2.05) is 30.3 Å². The second-order valence-electron chi connectivity index (χ2n) is 4.81. The van der Waals surface area contributed by atoms with Crippen LogP contribution in [0.2, 0.25) is 0 Å². The van der Waals surface area contributed by atoms with Gasteiger partial charge in [0.25, 0.3) is 0 Å². The molecule has 7 heteroatoms. The highest BCUT2D eigenvalue weighted by atomic mass is 16.6. The maximum atomic E-state index is 10.7. The number of fused-ring (bicyclic) bond motifs is 1. The lowest BCUT2D eigenvalue weighted by atomic mass is 10.2. The summed E-state index contributed by atoms with van der Waals surface area (Å²) in [5, 5.41) is 10.7. The number of para-hydroxylation sites is 1. The Bertz CT molecular complexity index is 626. The molecule has 1 aliphatic rings. The fraction of sp³-hybridized carbons (Fsp3) is 0.357. The third-order valence-electron chi connectivity index (χ3n) is 3.33. The summed E-state index contributed by atoms with van der Waals surface area (Å²) in [5.74, 6) is 0.650. The predicted octanol–water partition coefficient (Wildman–Crippen LogP) is 2.41. The van der Waals surface area contributed by atoms with Crippen molar-refractivity contribution in [2.24, 2.45) is 0 Å². The van der Waals surface area contributed by atoms with Gasteiger partial charge in [-0.3, -0.25) is 4.57 Å². The number of aromatic nitrogens is 2. The van der Waals surface area contributed by atoms with E-state index < -0.39 is 4.92 Å². The first kappa shape index (κ1) is 13.4. The highest BCUT2D eigenvalue weighted by molar-refractivity contribution is 5.22. The highest BCUT2D eigenvalue weighted by Gasteiger charge is 2.27. The molecule has 0 amide bonds. The minimum Gasteiger partial charge on any atom is -0.493 e. The number of benzene rings is 1. The van der Waals surface area contributed by atoms with E-state index in [-0.39, 0.29) is 11.9 Å². The normalized spacial score (nSPS) is 16.9. The Kier molecular flexibility index (Phi) is 3.72.